The largest absolute Gasteiger partial charge is 0.481 e. The third-order valence-electron chi connectivity index (χ3n) is 3.92. The van der Waals surface area contributed by atoms with Gasteiger partial charge >= 0.3 is 11.9 Å². The number of hydrogen-bond donors (Lipinski definition) is 1. The van der Waals surface area contributed by atoms with Crippen LogP contribution in [0.1, 0.15) is 107 Å². The number of carbonyl (C=O) groups excluding carboxylic acids is 1. The number of aliphatic carboxylic acids is 1. The molecule has 1 atom stereocenters. The predicted octanol–water partition coefficient (Wildman–Crippen LogP) is 6.47. The molecule has 0 aliphatic heterocycles. The fraction of sp³-hybridized carbons (Fsp3) is 0.909. The van der Waals surface area contributed by atoms with E-state index in [-0.39, 0.29) is 5.97 Å². The van der Waals surface area contributed by atoms with Crippen molar-refractivity contribution in [3.8, 4) is 0 Å². The van der Waals surface area contributed by atoms with Crippen LogP contribution in [-0.2, 0) is 14.3 Å². The molecule has 0 amide bonds. The maximum absolute atomic E-state index is 10.4. The van der Waals surface area contributed by atoms with Crippen LogP contribution in [0, 0.1) is 16.7 Å². The zero-order valence-electron chi connectivity index (χ0n) is 18.6. The Balaban J connectivity index is 0. The topological polar surface area (TPSA) is 63.6 Å². The van der Waals surface area contributed by atoms with Gasteiger partial charge in [-0.1, -0.05) is 67.7 Å². The Morgan fingerprint density at radius 3 is 1.92 bits per heavy atom. The summed E-state index contributed by atoms with van der Waals surface area (Å²) in [6.07, 6.45) is 7.95. The van der Waals surface area contributed by atoms with Crippen molar-refractivity contribution in [2.24, 2.45) is 16.7 Å². The lowest BCUT2D eigenvalue weighted by molar-refractivity contribution is -0.141. The van der Waals surface area contributed by atoms with Gasteiger partial charge in [-0.05, 0) is 42.4 Å². The molecule has 0 aromatic rings. The van der Waals surface area contributed by atoms with E-state index in [0.717, 1.165) is 25.7 Å². The molecular formula is C22H44O4. The van der Waals surface area contributed by atoms with E-state index in [1.54, 1.807) is 0 Å². The molecule has 0 aromatic carbocycles. The zero-order valence-corrected chi connectivity index (χ0v) is 18.6. The van der Waals surface area contributed by atoms with Gasteiger partial charge in [0, 0.05) is 13.3 Å². The quantitative estimate of drug-likeness (QED) is 0.352. The summed E-state index contributed by atoms with van der Waals surface area (Å²) in [5, 5.41) is 8.46. The summed E-state index contributed by atoms with van der Waals surface area (Å²) >= 11 is 0. The highest BCUT2D eigenvalue weighted by molar-refractivity contribution is 5.66. The van der Waals surface area contributed by atoms with Gasteiger partial charge in [0.1, 0.15) is 0 Å². The molecule has 0 radical (unpaired) electrons. The molecule has 0 spiro atoms. The SMILES string of the molecule is CC(=O)OCCCCCC(C)(C)C.CC(CCCC(=O)O)CC(C)(C)C. The Kier molecular flexibility index (Phi) is 14.7. The maximum atomic E-state index is 10.4. The highest BCUT2D eigenvalue weighted by Crippen LogP contribution is 2.26. The second-order valence-corrected chi connectivity index (χ2v) is 9.87. The van der Waals surface area contributed by atoms with Crippen LogP contribution in [0.5, 0.6) is 0 Å². The second-order valence-electron chi connectivity index (χ2n) is 9.87. The van der Waals surface area contributed by atoms with E-state index in [4.69, 9.17) is 9.84 Å². The van der Waals surface area contributed by atoms with E-state index >= 15 is 0 Å². The van der Waals surface area contributed by atoms with E-state index in [2.05, 4.69) is 48.5 Å². The van der Waals surface area contributed by atoms with Crippen molar-refractivity contribution in [2.45, 2.75) is 107 Å². The van der Waals surface area contributed by atoms with Gasteiger partial charge in [-0.2, -0.15) is 0 Å². The maximum Gasteiger partial charge on any atom is 0.303 e. The summed E-state index contributed by atoms with van der Waals surface area (Å²) in [5.41, 5.74) is 0.796. The molecule has 0 aliphatic carbocycles. The Bertz CT molecular complexity index is 375. The number of carbonyl (C=O) groups is 2. The molecule has 0 aromatic heterocycles. The van der Waals surface area contributed by atoms with Crippen molar-refractivity contribution >= 4 is 11.9 Å². The fourth-order valence-electron chi connectivity index (χ4n) is 2.90. The first-order valence-electron chi connectivity index (χ1n) is 10.1. The molecule has 0 heterocycles. The smallest absolute Gasteiger partial charge is 0.303 e. The number of carboxylic acids is 1. The lowest BCUT2D eigenvalue weighted by Gasteiger charge is -2.22. The minimum atomic E-state index is -0.678. The van der Waals surface area contributed by atoms with Gasteiger partial charge in [-0.3, -0.25) is 9.59 Å². The molecule has 0 saturated carbocycles. The number of carboxylic acid groups (broad SMARTS) is 1. The summed E-state index contributed by atoms with van der Waals surface area (Å²) in [6, 6.07) is 0. The van der Waals surface area contributed by atoms with Gasteiger partial charge in [0.25, 0.3) is 0 Å². The van der Waals surface area contributed by atoms with Crippen molar-refractivity contribution in [1.82, 2.24) is 0 Å². The van der Waals surface area contributed by atoms with Crippen molar-refractivity contribution in [3.05, 3.63) is 0 Å². The monoisotopic (exact) mass is 372 g/mol. The minimum Gasteiger partial charge on any atom is -0.481 e. The summed E-state index contributed by atoms with van der Waals surface area (Å²) < 4.78 is 4.84. The van der Waals surface area contributed by atoms with Gasteiger partial charge in [0.05, 0.1) is 6.61 Å². The first kappa shape index (κ1) is 27.2. The number of ether oxygens (including phenoxy) is 1. The van der Waals surface area contributed by atoms with Gasteiger partial charge in [0.15, 0.2) is 0 Å². The van der Waals surface area contributed by atoms with Crippen LogP contribution >= 0.6 is 0 Å². The van der Waals surface area contributed by atoms with Gasteiger partial charge < -0.3 is 9.84 Å². The minimum absolute atomic E-state index is 0.171. The molecular weight excluding hydrogens is 328 g/mol. The van der Waals surface area contributed by atoms with Crippen LogP contribution in [-0.4, -0.2) is 23.7 Å². The van der Waals surface area contributed by atoms with Crippen LogP contribution < -0.4 is 0 Å². The lowest BCUT2D eigenvalue weighted by atomic mass is 9.83. The first-order chi connectivity index (χ1) is 11.7. The number of esters is 1. The lowest BCUT2D eigenvalue weighted by Crippen LogP contribution is -2.11. The summed E-state index contributed by atoms with van der Waals surface area (Å²) in [7, 11) is 0. The Morgan fingerprint density at radius 2 is 1.50 bits per heavy atom. The van der Waals surface area contributed by atoms with Crippen molar-refractivity contribution in [3.63, 3.8) is 0 Å². The van der Waals surface area contributed by atoms with Crippen LogP contribution in [0.4, 0.5) is 0 Å². The van der Waals surface area contributed by atoms with Crippen LogP contribution in [0.15, 0.2) is 0 Å². The van der Waals surface area contributed by atoms with Crippen molar-refractivity contribution in [1.29, 1.82) is 0 Å². The standard InChI is InChI=1S/2C11H22O2/c1-9(8-11(2,3)4)6-5-7-10(12)13;1-10(12)13-9-7-5-6-8-11(2,3)4/h9H,5-8H2,1-4H3,(H,12,13);5-9H2,1-4H3. The molecule has 26 heavy (non-hydrogen) atoms. The molecule has 0 bridgehead atoms. The average Bonchev–Trinajstić information content (AvgIpc) is 2.39. The molecule has 0 saturated heterocycles. The molecule has 0 rings (SSSR count). The van der Waals surface area contributed by atoms with E-state index < -0.39 is 5.97 Å². The predicted molar refractivity (Wildman–Crippen MR) is 109 cm³/mol. The van der Waals surface area contributed by atoms with Gasteiger partial charge in [-0.25, -0.2) is 0 Å². The summed E-state index contributed by atoms with van der Waals surface area (Å²) in [5.74, 6) is -0.210. The van der Waals surface area contributed by atoms with Crippen LogP contribution in [0.3, 0.4) is 0 Å². The normalized spacial score (nSPS) is 12.8. The van der Waals surface area contributed by atoms with Gasteiger partial charge in [-0.15, -0.1) is 0 Å². The van der Waals surface area contributed by atoms with E-state index in [0.29, 0.717) is 29.8 Å². The second kappa shape index (κ2) is 14.1. The summed E-state index contributed by atoms with van der Waals surface area (Å²) in [4.78, 5) is 20.7. The highest BCUT2D eigenvalue weighted by Gasteiger charge is 2.15. The number of hydrogen-bond acceptors (Lipinski definition) is 3. The van der Waals surface area contributed by atoms with E-state index in [1.807, 2.05) is 0 Å². The number of rotatable bonds is 10. The van der Waals surface area contributed by atoms with Crippen LogP contribution in [0.25, 0.3) is 0 Å². The molecule has 1 N–H and O–H groups in total. The third-order valence-corrected chi connectivity index (χ3v) is 3.92. The third kappa shape index (κ3) is 27.8. The first-order valence-corrected chi connectivity index (χ1v) is 10.1. The van der Waals surface area contributed by atoms with Crippen molar-refractivity contribution in [2.75, 3.05) is 6.61 Å². The molecule has 4 nitrogen and oxygen atoms in total. The molecule has 0 fully saturated rings. The molecule has 4 heteroatoms. The zero-order chi connectivity index (χ0) is 20.8. The Hall–Kier alpha value is -1.06. The van der Waals surface area contributed by atoms with Gasteiger partial charge in [0.2, 0.25) is 0 Å². The molecule has 1 unspecified atom stereocenters. The molecule has 156 valence electrons. The highest BCUT2D eigenvalue weighted by atomic mass is 16.5. The fourth-order valence-corrected chi connectivity index (χ4v) is 2.90. The molecule has 0 aliphatic rings. The Morgan fingerprint density at radius 1 is 0.923 bits per heavy atom. The van der Waals surface area contributed by atoms with Crippen molar-refractivity contribution < 1.29 is 19.4 Å². The average molecular weight is 373 g/mol. The van der Waals surface area contributed by atoms with Crippen LogP contribution in [0.2, 0.25) is 0 Å². The Labute approximate surface area is 162 Å². The number of unbranched alkanes of at least 4 members (excludes halogenated alkanes) is 2. The van der Waals surface area contributed by atoms with E-state index in [9.17, 15) is 9.59 Å². The van der Waals surface area contributed by atoms with E-state index in [1.165, 1.54) is 26.2 Å². The summed E-state index contributed by atoms with van der Waals surface area (Å²) in [6.45, 7) is 17.7.